The lowest BCUT2D eigenvalue weighted by atomic mass is 9.59. The van der Waals surface area contributed by atoms with Gasteiger partial charge >= 0.3 is 0 Å². The van der Waals surface area contributed by atoms with E-state index in [1.54, 1.807) is 12.5 Å². The minimum absolute atomic E-state index is 0.284. The molecule has 1 atom stereocenters. The molecular formula is C44H26O. The summed E-state index contributed by atoms with van der Waals surface area (Å²) >= 11 is 0. The van der Waals surface area contributed by atoms with Crippen molar-refractivity contribution in [1.82, 2.24) is 0 Å². The summed E-state index contributed by atoms with van der Waals surface area (Å²) in [6, 6.07) is 28.6. The van der Waals surface area contributed by atoms with Gasteiger partial charge < -0.3 is 4.79 Å². The number of allylic oxidation sites excluding steroid dienone is 1. The Hall–Kier alpha value is -5.01. The lowest BCUT2D eigenvalue weighted by Crippen LogP contribution is -2.33. The molecule has 0 fully saturated rings. The van der Waals surface area contributed by atoms with Crippen LogP contribution in [-0.2, 0) is 23.1 Å². The molecule has 0 saturated heterocycles. The molecule has 0 heterocycles. The number of ketones is 1. The van der Waals surface area contributed by atoms with Crippen LogP contribution in [0.25, 0.3) is 87.1 Å². The molecule has 45 heavy (non-hydrogen) atoms. The van der Waals surface area contributed by atoms with Crippen molar-refractivity contribution in [2.24, 2.45) is 0 Å². The van der Waals surface area contributed by atoms with E-state index in [4.69, 9.17) is 0 Å². The molecule has 9 aromatic rings. The number of carbonyl (C=O) groups is 1. The van der Waals surface area contributed by atoms with Crippen LogP contribution in [0.2, 0.25) is 0 Å². The van der Waals surface area contributed by atoms with Gasteiger partial charge in [-0.3, -0.25) is 0 Å². The third-order valence-corrected chi connectivity index (χ3v) is 12.6. The molecule has 1 nitrogen and oxygen atoms in total. The van der Waals surface area contributed by atoms with E-state index < -0.39 is 0 Å². The topological polar surface area (TPSA) is 17.1 Å². The summed E-state index contributed by atoms with van der Waals surface area (Å²) in [5.74, 6) is 0.284. The first-order valence-electron chi connectivity index (χ1n) is 16.6. The fraction of sp³-hybridized carbons (Fsp3) is 0.159. The zero-order valence-corrected chi connectivity index (χ0v) is 24.9. The van der Waals surface area contributed by atoms with E-state index in [9.17, 15) is 4.79 Å². The summed E-state index contributed by atoms with van der Waals surface area (Å²) < 4.78 is 0. The summed E-state index contributed by atoms with van der Waals surface area (Å²) in [7, 11) is 0. The Balaban J connectivity index is 1.43. The van der Waals surface area contributed by atoms with E-state index in [-0.39, 0.29) is 11.2 Å². The number of carbonyl (C=O) groups excluding carboxylic acids is 1. The van der Waals surface area contributed by atoms with Crippen LogP contribution >= 0.6 is 0 Å². The van der Waals surface area contributed by atoms with Crippen LogP contribution in [0.4, 0.5) is 0 Å². The maximum atomic E-state index is 12.5. The largest absolute Gasteiger partial charge is 0.300 e. The number of hydrogen-bond acceptors (Lipinski definition) is 1. The Morgan fingerprint density at radius 3 is 1.98 bits per heavy atom. The van der Waals surface area contributed by atoms with Crippen molar-refractivity contribution in [2.45, 2.75) is 44.4 Å². The lowest BCUT2D eigenvalue weighted by molar-refractivity contribution is -0.117. The van der Waals surface area contributed by atoms with Crippen LogP contribution in [0.3, 0.4) is 0 Å². The van der Waals surface area contributed by atoms with Crippen molar-refractivity contribution in [3.63, 3.8) is 0 Å². The molecule has 0 N–H and O–H groups in total. The first kappa shape index (κ1) is 22.5. The van der Waals surface area contributed by atoms with Gasteiger partial charge in [-0.2, -0.15) is 0 Å². The Bertz CT molecular complexity index is 2960. The van der Waals surface area contributed by atoms with E-state index in [0.717, 1.165) is 25.7 Å². The van der Waals surface area contributed by atoms with Gasteiger partial charge in [0.05, 0.1) is 0 Å². The molecule has 1 heteroatoms. The van der Waals surface area contributed by atoms with Gasteiger partial charge in [-0.25, -0.2) is 0 Å². The maximum absolute atomic E-state index is 12.5. The Morgan fingerprint density at radius 1 is 0.622 bits per heavy atom. The molecule has 13 rings (SSSR count). The molecule has 4 aliphatic carbocycles. The predicted octanol–water partition coefficient (Wildman–Crippen LogP) is 10.8. The van der Waals surface area contributed by atoms with Gasteiger partial charge in [0, 0.05) is 11.8 Å². The van der Waals surface area contributed by atoms with Crippen molar-refractivity contribution in [3.8, 4) is 0 Å². The Kier molecular flexibility index (Phi) is 3.40. The molecule has 208 valence electrons. The molecule has 0 aliphatic heterocycles. The van der Waals surface area contributed by atoms with E-state index in [1.807, 2.05) is 0 Å². The van der Waals surface area contributed by atoms with Crippen LogP contribution in [0.5, 0.6) is 0 Å². The van der Waals surface area contributed by atoms with Gasteiger partial charge in [0.2, 0.25) is 0 Å². The molecular weight excluding hydrogens is 544 g/mol. The van der Waals surface area contributed by atoms with Crippen LogP contribution in [0, 0.1) is 0 Å². The number of Topliss-reactive ketones (excluding diaryl/α,β-unsaturated/α-hetero) is 1. The van der Waals surface area contributed by atoms with E-state index in [0.29, 0.717) is 6.42 Å². The lowest BCUT2D eigenvalue weighted by Gasteiger charge is -2.42. The van der Waals surface area contributed by atoms with Gasteiger partial charge in [0.25, 0.3) is 0 Å². The molecule has 0 aromatic heterocycles. The summed E-state index contributed by atoms with van der Waals surface area (Å²) in [5, 5.41) is 20.8. The summed E-state index contributed by atoms with van der Waals surface area (Å²) in [4.78, 5) is 12.5. The monoisotopic (exact) mass is 570 g/mol. The van der Waals surface area contributed by atoms with Gasteiger partial charge in [-0.05, 0) is 158 Å². The molecule has 0 radical (unpaired) electrons. The summed E-state index contributed by atoms with van der Waals surface area (Å²) in [5.41, 5.74) is 12.9. The smallest absolute Gasteiger partial charge is 0.129 e. The molecule has 4 aliphatic rings. The highest BCUT2D eigenvalue weighted by Crippen LogP contribution is 2.66. The summed E-state index contributed by atoms with van der Waals surface area (Å²) in [6.07, 6.45) is 6.98. The van der Waals surface area contributed by atoms with E-state index in [2.05, 4.69) is 78.9 Å². The first-order chi connectivity index (χ1) is 22.1. The molecule has 2 bridgehead atoms. The molecule has 0 spiro atoms. The maximum Gasteiger partial charge on any atom is 0.129 e. The second-order valence-electron chi connectivity index (χ2n) is 14.6. The van der Waals surface area contributed by atoms with Crippen molar-refractivity contribution >= 4 is 92.8 Å². The van der Waals surface area contributed by atoms with Crippen molar-refractivity contribution < 1.29 is 4.79 Å². The zero-order valence-electron chi connectivity index (χ0n) is 24.9. The van der Waals surface area contributed by atoms with E-state index >= 15 is 0 Å². The Morgan fingerprint density at radius 2 is 1.24 bits per heavy atom. The van der Waals surface area contributed by atoms with Crippen molar-refractivity contribution in [2.75, 3.05) is 0 Å². The normalized spacial score (nSPS) is 18.7. The fourth-order valence-corrected chi connectivity index (χ4v) is 11.4. The van der Waals surface area contributed by atoms with Crippen LogP contribution in [-0.4, -0.2) is 5.78 Å². The van der Waals surface area contributed by atoms with Crippen molar-refractivity contribution in [1.29, 1.82) is 0 Å². The highest BCUT2D eigenvalue weighted by atomic mass is 16.1. The number of benzene rings is 8. The highest BCUT2D eigenvalue weighted by molar-refractivity contribution is 6.52. The molecule has 0 amide bonds. The molecule has 1 unspecified atom stereocenters. The molecule has 9 aromatic carbocycles. The number of hydrogen-bond donors (Lipinski definition) is 0. The van der Waals surface area contributed by atoms with Gasteiger partial charge in [0.1, 0.15) is 5.78 Å². The Labute approximate surface area is 258 Å². The zero-order chi connectivity index (χ0) is 29.1. The first-order valence-corrected chi connectivity index (χ1v) is 16.6. The SMILES string of the molecule is CC(=O)CCCC1(c2ccccc2)c2c3ccc4cc5c6c7c(cc8ccc9cc%10c%11c(c1c(c6c24)c1c%11c9c8c71)C(=C3)C%10)C5. The standard InChI is InChI=1S/C44H26O/c1-20(45)6-5-13-44(29-7-3-2-4-8-29)42-24-12-11-23-16-26-18-25-14-21-9-10-22-15-27-19-28(17-24)36-34(27)38-31(22)30(21)37-32(25)33(26)39(35(23)42)41(40(37)38)43(36)44/h2-4,7-12,14-17H,5-6,13,18-19H2,1H3. The summed E-state index contributed by atoms with van der Waals surface area (Å²) in [6.45, 7) is 1.76. The fourth-order valence-electron chi connectivity index (χ4n) is 11.4. The predicted molar refractivity (Wildman–Crippen MR) is 188 cm³/mol. The quantitative estimate of drug-likeness (QED) is 0.188. The van der Waals surface area contributed by atoms with Gasteiger partial charge in [-0.15, -0.1) is 0 Å². The van der Waals surface area contributed by atoms with Gasteiger partial charge in [0.15, 0.2) is 0 Å². The minimum Gasteiger partial charge on any atom is -0.300 e. The minimum atomic E-state index is -0.335. The number of rotatable bonds is 5. The highest BCUT2D eigenvalue weighted by Gasteiger charge is 2.49. The second kappa shape index (κ2) is 6.80. The molecule has 0 saturated carbocycles. The average molecular weight is 571 g/mol. The second-order valence-corrected chi connectivity index (χ2v) is 14.6. The van der Waals surface area contributed by atoms with Gasteiger partial charge in [-0.1, -0.05) is 78.9 Å². The van der Waals surface area contributed by atoms with Crippen molar-refractivity contribution in [3.05, 3.63) is 117 Å². The third kappa shape index (κ3) is 2.14. The third-order valence-electron chi connectivity index (χ3n) is 12.6. The van der Waals surface area contributed by atoms with Crippen LogP contribution in [0.15, 0.2) is 72.8 Å². The van der Waals surface area contributed by atoms with Crippen LogP contribution < -0.4 is 0 Å². The average Bonchev–Trinajstić information content (AvgIpc) is 3.69. The van der Waals surface area contributed by atoms with E-state index in [1.165, 1.54) is 120 Å². The van der Waals surface area contributed by atoms with Crippen LogP contribution in [0.1, 0.15) is 70.7 Å².